The van der Waals surface area contributed by atoms with E-state index in [1.165, 1.54) is 6.20 Å². The van der Waals surface area contributed by atoms with Crippen LogP contribution in [0.3, 0.4) is 0 Å². The molecular formula is C18H21N5O2S. The Hall–Kier alpha value is -2.48. The van der Waals surface area contributed by atoms with Crippen LogP contribution < -0.4 is 4.90 Å². The molecule has 4 rings (SSSR count). The Kier molecular flexibility index (Phi) is 4.14. The van der Waals surface area contributed by atoms with Crippen LogP contribution in [-0.4, -0.2) is 47.2 Å². The van der Waals surface area contributed by atoms with Crippen LogP contribution in [0.25, 0.3) is 11.0 Å². The molecule has 1 aliphatic carbocycles. The lowest BCUT2D eigenvalue weighted by molar-refractivity contribution is 0.282. The summed E-state index contributed by atoms with van der Waals surface area (Å²) in [4.78, 5) is 18.2. The smallest absolute Gasteiger partial charge is 0.180 e. The van der Waals surface area contributed by atoms with E-state index in [1.807, 2.05) is 26.2 Å². The number of nitrogens with zero attached hydrogens (tertiary/aromatic N) is 4. The molecule has 0 unspecified atom stereocenters. The first kappa shape index (κ1) is 17.0. The molecule has 0 atom stereocenters. The van der Waals surface area contributed by atoms with Crippen molar-refractivity contribution in [3.63, 3.8) is 0 Å². The molecule has 0 aliphatic heterocycles. The Balaban J connectivity index is 1.42. The normalized spacial score (nSPS) is 20.1. The van der Waals surface area contributed by atoms with Crippen molar-refractivity contribution in [1.29, 1.82) is 0 Å². The van der Waals surface area contributed by atoms with Crippen LogP contribution >= 0.6 is 0 Å². The van der Waals surface area contributed by atoms with Crippen LogP contribution in [0.1, 0.15) is 18.5 Å². The molecule has 3 aromatic heterocycles. The summed E-state index contributed by atoms with van der Waals surface area (Å²) in [6.07, 6.45) is 6.53. The summed E-state index contributed by atoms with van der Waals surface area (Å²) in [5.41, 5.74) is 1.63. The third kappa shape index (κ3) is 3.05. The van der Waals surface area contributed by atoms with Crippen LogP contribution in [0.2, 0.25) is 0 Å². The van der Waals surface area contributed by atoms with Crippen LogP contribution in [0.5, 0.6) is 0 Å². The summed E-state index contributed by atoms with van der Waals surface area (Å²) in [5, 5.41) is 0.983. The maximum absolute atomic E-state index is 12.6. The van der Waals surface area contributed by atoms with Crippen LogP contribution in [-0.2, 0) is 9.84 Å². The monoisotopic (exact) mass is 371 g/mol. The topological polar surface area (TPSA) is 91.8 Å². The number of fused-ring (bicyclic) bond motifs is 1. The second-order valence-corrected chi connectivity index (χ2v) is 8.99. The van der Waals surface area contributed by atoms with Crippen LogP contribution in [0.15, 0.2) is 41.8 Å². The van der Waals surface area contributed by atoms with Gasteiger partial charge in [-0.15, -0.1) is 0 Å². The summed E-state index contributed by atoms with van der Waals surface area (Å²) in [6, 6.07) is 5.64. The van der Waals surface area contributed by atoms with Gasteiger partial charge >= 0.3 is 0 Å². The van der Waals surface area contributed by atoms with Gasteiger partial charge in [0.1, 0.15) is 17.8 Å². The molecule has 26 heavy (non-hydrogen) atoms. The summed E-state index contributed by atoms with van der Waals surface area (Å²) in [7, 11) is -1.28. The quantitative estimate of drug-likeness (QED) is 0.740. The minimum atomic E-state index is -3.29. The van der Waals surface area contributed by atoms with Gasteiger partial charge in [0.25, 0.3) is 0 Å². The van der Waals surface area contributed by atoms with Crippen molar-refractivity contribution in [2.75, 3.05) is 17.7 Å². The highest BCUT2D eigenvalue weighted by atomic mass is 32.2. The zero-order valence-corrected chi connectivity index (χ0v) is 15.6. The first-order valence-electron chi connectivity index (χ1n) is 8.60. The lowest BCUT2D eigenvalue weighted by Crippen LogP contribution is -2.45. The lowest BCUT2D eigenvalue weighted by atomic mass is 9.81. The number of aromatic nitrogens is 4. The fraction of sp³-hybridized carbons (Fsp3) is 0.389. The molecule has 7 nitrogen and oxygen atoms in total. The highest BCUT2D eigenvalue weighted by molar-refractivity contribution is 7.91. The van der Waals surface area contributed by atoms with Gasteiger partial charge in [0, 0.05) is 31.2 Å². The molecule has 0 spiro atoms. The highest BCUT2D eigenvalue weighted by Gasteiger charge is 2.36. The first-order valence-corrected chi connectivity index (χ1v) is 10.3. The number of rotatable bonds is 5. The SMILES string of the molecule is Cc1ccc(S(=O)(=O)CC2CC(N(C)c3ncnc4[nH]ccc34)C2)cn1. The Labute approximate surface area is 152 Å². The largest absolute Gasteiger partial charge is 0.356 e. The van der Waals surface area contributed by atoms with E-state index in [-0.39, 0.29) is 11.7 Å². The fourth-order valence-corrected chi connectivity index (χ4v) is 5.08. The van der Waals surface area contributed by atoms with E-state index >= 15 is 0 Å². The maximum Gasteiger partial charge on any atom is 0.180 e. The number of H-pyrrole nitrogens is 1. The van der Waals surface area contributed by atoms with Crippen molar-refractivity contribution in [1.82, 2.24) is 19.9 Å². The van der Waals surface area contributed by atoms with E-state index in [0.717, 1.165) is 35.4 Å². The van der Waals surface area contributed by atoms with E-state index in [9.17, 15) is 8.42 Å². The highest BCUT2D eigenvalue weighted by Crippen LogP contribution is 2.36. The molecule has 8 heteroatoms. The number of pyridine rings is 1. The van der Waals surface area contributed by atoms with Gasteiger partial charge in [-0.3, -0.25) is 4.98 Å². The van der Waals surface area contributed by atoms with Crippen molar-refractivity contribution in [2.45, 2.75) is 30.7 Å². The minimum absolute atomic E-state index is 0.164. The summed E-state index contributed by atoms with van der Waals surface area (Å²) in [5.74, 6) is 1.22. The molecule has 1 N–H and O–H groups in total. The van der Waals surface area contributed by atoms with E-state index in [1.54, 1.807) is 18.5 Å². The molecule has 0 amide bonds. The maximum atomic E-state index is 12.6. The van der Waals surface area contributed by atoms with E-state index in [4.69, 9.17) is 0 Å². The second kappa shape index (κ2) is 6.35. The average Bonchev–Trinajstić information content (AvgIpc) is 3.06. The molecule has 0 radical (unpaired) electrons. The van der Waals surface area contributed by atoms with Gasteiger partial charge in [-0.2, -0.15) is 0 Å². The van der Waals surface area contributed by atoms with Crippen LogP contribution in [0.4, 0.5) is 5.82 Å². The van der Waals surface area contributed by atoms with Gasteiger partial charge in [-0.25, -0.2) is 18.4 Å². The first-order chi connectivity index (χ1) is 12.4. The standard InChI is InChI=1S/C18H21N5O2S/c1-12-3-4-15(9-20-12)26(24,25)10-13-7-14(8-13)23(2)18-16-5-6-19-17(16)21-11-22-18/h3-6,9,11,13-14H,7-8,10H2,1-2H3,(H,19,21,22). The van der Waals surface area contributed by atoms with Gasteiger partial charge < -0.3 is 9.88 Å². The molecule has 1 fully saturated rings. The third-order valence-electron chi connectivity index (χ3n) is 5.12. The molecule has 3 heterocycles. The van der Waals surface area contributed by atoms with Gasteiger partial charge in [0.2, 0.25) is 0 Å². The lowest BCUT2D eigenvalue weighted by Gasteiger charge is -2.41. The molecule has 0 bridgehead atoms. The number of sulfone groups is 1. The Morgan fingerprint density at radius 1 is 1.19 bits per heavy atom. The minimum Gasteiger partial charge on any atom is -0.356 e. The molecule has 3 aromatic rings. The molecule has 1 saturated carbocycles. The molecular weight excluding hydrogens is 350 g/mol. The molecule has 1 aliphatic rings. The summed E-state index contributed by atoms with van der Waals surface area (Å²) >= 11 is 0. The zero-order valence-electron chi connectivity index (χ0n) is 14.8. The molecule has 136 valence electrons. The number of nitrogens with one attached hydrogen (secondary N) is 1. The van der Waals surface area contributed by atoms with Gasteiger partial charge in [0.15, 0.2) is 9.84 Å². The van der Waals surface area contributed by atoms with Gasteiger partial charge in [-0.05, 0) is 43.9 Å². The predicted octanol–water partition coefficient (Wildman–Crippen LogP) is 2.35. The molecule has 0 saturated heterocycles. The third-order valence-corrected chi connectivity index (χ3v) is 6.99. The Bertz CT molecular complexity index is 1020. The molecule has 0 aromatic carbocycles. The van der Waals surface area contributed by atoms with E-state index < -0.39 is 9.84 Å². The number of anilines is 1. The number of hydrogen-bond acceptors (Lipinski definition) is 6. The summed E-state index contributed by atoms with van der Waals surface area (Å²) < 4.78 is 25.1. The van der Waals surface area contributed by atoms with Gasteiger partial charge in [0.05, 0.1) is 16.0 Å². The van der Waals surface area contributed by atoms with E-state index in [0.29, 0.717) is 10.9 Å². The van der Waals surface area contributed by atoms with Crippen LogP contribution in [0, 0.1) is 12.8 Å². The van der Waals surface area contributed by atoms with Gasteiger partial charge in [-0.1, -0.05) is 0 Å². The van der Waals surface area contributed by atoms with Crippen molar-refractivity contribution in [3.8, 4) is 0 Å². The van der Waals surface area contributed by atoms with E-state index in [2.05, 4.69) is 24.8 Å². The summed E-state index contributed by atoms with van der Waals surface area (Å²) in [6.45, 7) is 1.84. The fourth-order valence-electron chi connectivity index (χ4n) is 3.51. The number of aryl methyl sites for hydroxylation is 1. The zero-order chi connectivity index (χ0) is 18.3. The van der Waals surface area contributed by atoms with Crippen molar-refractivity contribution in [3.05, 3.63) is 42.6 Å². The Morgan fingerprint density at radius 3 is 2.73 bits per heavy atom. The number of aromatic amines is 1. The number of hydrogen-bond donors (Lipinski definition) is 1. The predicted molar refractivity (Wildman–Crippen MR) is 99.8 cm³/mol. The van der Waals surface area contributed by atoms with Crippen molar-refractivity contribution >= 4 is 26.7 Å². The average molecular weight is 371 g/mol. The Morgan fingerprint density at radius 2 is 2.00 bits per heavy atom. The second-order valence-electron chi connectivity index (χ2n) is 6.96. The van der Waals surface area contributed by atoms with Crippen molar-refractivity contribution < 1.29 is 8.42 Å². The van der Waals surface area contributed by atoms with Crippen molar-refractivity contribution in [2.24, 2.45) is 5.92 Å².